The highest BCUT2D eigenvalue weighted by Gasteiger charge is 2.18. The van der Waals surface area contributed by atoms with Crippen molar-refractivity contribution in [3.05, 3.63) is 29.6 Å². The first-order valence-corrected chi connectivity index (χ1v) is 6.21. The molecule has 2 N–H and O–H groups in total. The fourth-order valence-electron chi connectivity index (χ4n) is 1.88. The Hall–Kier alpha value is -1.82. The van der Waals surface area contributed by atoms with Crippen molar-refractivity contribution >= 4 is 6.03 Å². The molecule has 0 spiro atoms. The molecule has 1 heterocycles. The van der Waals surface area contributed by atoms with E-state index in [0.29, 0.717) is 25.2 Å². The number of carbonyl (C=O) groups excluding carboxylic acids is 1. The number of nitrogens with zero attached hydrogens (tertiary/aromatic N) is 1. The van der Waals surface area contributed by atoms with Crippen molar-refractivity contribution in [1.29, 1.82) is 0 Å². The van der Waals surface area contributed by atoms with Crippen LogP contribution in [0.2, 0.25) is 0 Å². The third-order valence-electron chi connectivity index (χ3n) is 3.00. The fourth-order valence-corrected chi connectivity index (χ4v) is 1.88. The molecule has 2 amide bonds. The Morgan fingerprint density at radius 3 is 2.95 bits per heavy atom. The van der Waals surface area contributed by atoms with Crippen molar-refractivity contribution in [2.24, 2.45) is 0 Å². The number of aliphatic hydroxyl groups is 1. The Labute approximate surface area is 111 Å². The Morgan fingerprint density at radius 1 is 1.58 bits per heavy atom. The van der Waals surface area contributed by atoms with E-state index in [0.717, 1.165) is 0 Å². The zero-order valence-electron chi connectivity index (χ0n) is 10.7. The van der Waals surface area contributed by atoms with E-state index in [1.54, 1.807) is 17.9 Å². The third kappa shape index (κ3) is 3.35. The summed E-state index contributed by atoms with van der Waals surface area (Å²) in [5.41, 5.74) is 0.503. The van der Waals surface area contributed by atoms with Gasteiger partial charge >= 0.3 is 6.03 Å². The number of hydrogen-bond donors (Lipinski definition) is 2. The average molecular weight is 268 g/mol. The molecule has 0 radical (unpaired) electrons. The minimum absolute atomic E-state index is 0.117. The molecule has 5 nitrogen and oxygen atoms in total. The van der Waals surface area contributed by atoms with Gasteiger partial charge in [-0.25, -0.2) is 9.18 Å². The van der Waals surface area contributed by atoms with Crippen molar-refractivity contribution in [3.8, 4) is 5.75 Å². The smallest absolute Gasteiger partial charge is 0.317 e. The number of carbonyl (C=O) groups is 1. The van der Waals surface area contributed by atoms with Crippen LogP contribution in [0.15, 0.2) is 18.2 Å². The number of nitrogens with one attached hydrogen (secondary N) is 1. The Kier molecular flexibility index (Phi) is 4.21. The van der Waals surface area contributed by atoms with Crippen molar-refractivity contribution < 1.29 is 19.0 Å². The zero-order valence-corrected chi connectivity index (χ0v) is 10.7. The molecule has 0 bridgehead atoms. The summed E-state index contributed by atoms with van der Waals surface area (Å²) in [4.78, 5) is 12.9. The lowest BCUT2D eigenvalue weighted by atomic mass is 10.1. The van der Waals surface area contributed by atoms with E-state index in [4.69, 9.17) is 4.74 Å². The third-order valence-corrected chi connectivity index (χ3v) is 3.00. The largest absolute Gasteiger partial charge is 0.489 e. The highest BCUT2D eigenvalue weighted by atomic mass is 19.1. The van der Waals surface area contributed by atoms with E-state index in [-0.39, 0.29) is 18.4 Å². The second-order valence-electron chi connectivity index (χ2n) is 4.43. The molecule has 1 fully saturated rings. The number of rotatable bonds is 5. The summed E-state index contributed by atoms with van der Waals surface area (Å²) in [7, 11) is 0. The number of hydrogen-bond acceptors (Lipinski definition) is 3. The summed E-state index contributed by atoms with van der Waals surface area (Å²) in [5, 5.41) is 12.0. The number of halogens is 1. The topological polar surface area (TPSA) is 61.8 Å². The predicted molar refractivity (Wildman–Crippen MR) is 67.5 cm³/mol. The van der Waals surface area contributed by atoms with E-state index < -0.39 is 11.9 Å². The van der Waals surface area contributed by atoms with Gasteiger partial charge in [0, 0.05) is 13.1 Å². The van der Waals surface area contributed by atoms with Crippen molar-refractivity contribution in [1.82, 2.24) is 10.2 Å². The molecule has 1 aliphatic heterocycles. The minimum atomic E-state index is -0.711. The molecular weight excluding hydrogens is 251 g/mol. The lowest BCUT2D eigenvalue weighted by Gasteiger charge is -2.15. The molecule has 1 saturated heterocycles. The van der Waals surface area contributed by atoms with Crippen LogP contribution in [-0.4, -0.2) is 42.3 Å². The van der Waals surface area contributed by atoms with E-state index in [1.807, 2.05) is 0 Å². The number of benzene rings is 1. The maximum atomic E-state index is 13.7. The van der Waals surface area contributed by atoms with Gasteiger partial charge in [-0.15, -0.1) is 0 Å². The van der Waals surface area contributed by atoms with Crippen LogP contribution >= 0.6 is 0 Å². The molecule has 104 valence electrons. The van der Waals surface area contributed by atoms with Crippen LogP contribution < -0.4 is 10.1 Å². The highest BCUT2D eigenvalue weighted by molar-refractivity contribution is 5.76. The Bertz CT molecular complexity index is 465. The molecule has 1 atom stereocenters. The van der Waals surface area contributed by atoms with Crippen LogP contribution in [0.25, 0.3) is 0 Å². The lowest BCUT2D eigenvalue weighted by molar-refractivity contribution is 0.196. The molecule has 0 aliphatic carbocycles. The van der Waals surface area contributed by atoms with Gasteiger partial charge in [-0.1, -0.05) is 6.07 Å². The van der Waals surface area contributed by atoms with Crippen molar-refractivity contribution in [3.63, 3.8) is 0 Å². The van der Waals surface area contributed by atoms with Crippen LogP contribution in [0.3, 0.4) is 0 Å². The maximum absolute atomic E-state index is 13.7. The van der Waals surface area contributed by atoms with Gasteiger partial charge < -0.3 is 20.1 Å². The molecule has 19 heavy (non-hydrogen) atoms. The SMILES string of the molecule is C[C@H](O)c1ccc(OCCN2CCNC2=O)c(F)c1. The molecule has 1 aliphatic rings. The van der Waals surface area contributed by atoms with Gasteiger partial charge in [0.25, 0.3) is 0 Å². The average Bonchev–Trinajstić information content (AvgIpc) is 2.77. The molecule has 1 aromatic carbocycles. The molecule has 0 saturated carbocycles. The van der Waals surface area contributed by atoms with Gasteiger partial charge in [0.05, 0.1) is 12.6 Å². The Balaban J connectivity index is 1.87. The standard InChI is InChI=1S/C13H17FN2O3/c1-9(17)10-2-3-12(11(14)8-10)19-7-6-16-5-4-15-13(16)18/h2-3,8-9,17H,4-7H2,1H3,(H,15,18)/t9-/m0/s1. The van der Waals surface area contributed by atoms with E-state index >= 15 is 0 Å². The highest BCUT2D eigenvalue weighted by Crippen LogP contribution is 2.21. The second kappa shape index (κ2) is 5.88. The summed E-state index contributed by atoms with van der Waals surface area (Å²) >= 11 is 0. The molecule has 6 heteroatoms. The van der Waals surface area contributed by atoms with Gasteiger partial charge in [0.15, 0.2) is 11.6 Å². The van der Waals surface area contributed by atoms with E-state index in [1.165, 1.54) is 12.1 Å². The summed E-state index contributed by atoms with van der Waals surface area (Å²) in [6, 6.07) is 4.24. The normalized spacial score (nSPS) is 16.4. The molecule has 0 aromatic heterocycles. The first kappa shape index (κ1) is 13.6. The Morgan fingerprint density at radius 2 is 2.37 bits per heavy atom. The summed E-state index contributed by atoms with van der Waals surface area (Å²) in [6.07, 6.45) is -0.711. The number of amides is 2. The van der Waals surface area contributed by atoms with Crippen LogP contribution in [-0.2, 0) is 0 Å². The fraction of sp³-hybridized carbons (Fsp3) is 0.462. The van der Waals surface area contributed by atoms with Gasteiger partial charge in [-0.05, 0) is 24.6 Å². The van der Waals surface area contributed by atoms with Gasteiger partial charge in [-0.2, -0.15) is 0 Å². The second-order valence-corrected chi connectivity index (χ2v) is 4.43. The van der Waals surface area contributed by atoms with Crippen LogP contribution in [0, 0.1) is 5.82 Å². The number of ether oxygens (including phenoxy) is 1. The van der Waals surface area contributed by atoms with Gasteiger partial charge in [0.2, 0.25) is 0 Å². The summed E-state index contributed by atoms with van der Waals surface area (Å²) < 4.78 is 19.0. The van der Waals surface area contributed by atoms with Gasteiger partial charge in [-0.3, -0.25) is 0 Å². The predicted octanol–water partition coefficient (Wildman–Crippen LogP) is 1.28. The maximum Gasteiger partial charge on any atom is 0.317 e. The number of urea groups is 1. The molecular formula is C13H17FN2O3. The molecule has 0 unspecified atom stereocenters. The quantitative estimate of drug-likeness (QED) is 0.845. The van der Waals surface area contributed by atoms with Crippen molar-refractivity contribution in [2.75, 3.05) is 26.2 Å². The lowest BCUT2D eigenvalue weighted by Crippen LogP contribution is -2.31. The van der Waals surface area contributed by atoms with E-state index in [9.17, 15) is 14.3 Å². The first-order chi connectivity index (χ1) is 9.08. The van der Waals surface area contributed by atoms with Crippen molar-refractivity contribution in [2.45, 2.75) is 13.0 Å². The summed E-state index contributed by atoms with van der Waals surface area (Å²) in [5.74, 6) is -0.381. The van der Waals surface area contributed by atoms with E-state index in [2.05, 4.69) is 5.32 Å². The monoisotopic (exact) mass is 268 g/mol. The molecule has 2 rings (SSSR count). The first-order valence-electron chi connectivity index (χ1n) is 6.21. The van der Waals surface area contributed by atoms with Crippen LogP contribution in [0.1, 0.15) is 18.6 Å². The zero-order chi connectivity index (χ0) is 13.8. The number of aliphatic hydroxyl groups excluding tert-OH is 1. The summed E-state index contributed by atoms with van der Waals surface area (Å²) in [6.45, 7) is 3.50. The molecule has 1 aromatic rings. The van der Waals surface area contributed by atoms with Crippen LogP contribution in [0.4, 0.5) is 9.18 Å². The van der Waals surface area contributed by atoms with Gasteiger partial charge in [0.1, 0.15) is 6.61 Å². The van der Waals surface area contributed by atoms with Crippen LogP contribution in [0.5, 0.6) is 5.75 Å². The minimum Gasteiger partial charge on any atom is -0.489 e.